The van der Waals surface area contributed by atoms with Crippen LogP contribution in [0.15, 0.2) is 42.5 Å². The second-order valence-corrected chi connectivity index (χ2v) is 9.34. The van der Waals surface area contributed by atoms with Gasteiger partial charge in [-0.2, -0.15) is 0 Å². The van der Waals surface area contributed by atoms with Gasteiger partial charge in [0.05, 0.1) is 26.0 Å². The second kappa shape index (κ2) is 9.49. The minimum atomic E-state index is -3.30. The van der Waals surface area contributed by atoms with E-state index in [0.29, 0.717) is 35.7 Å². The smallest absolute Gasteiger partial charge is 0.251 e. The van der Waals surface area contributed by atoms with Crippen LogP contribution in [0, 0.1) is 0 Å². The third kappa shape index (κ3) is 5.12. The van der Waals surface area contributed by atoms with E-state index in [1.54, 1.807) is 48.9 Å². The van der Waals surface area contributed by atoms with Gasteiger partial charge in [0.25, 0.3) is 5.91 Å². The van der Waals surface area contributed by atoms with Gasteiger partial charge in [-0.25, -0.2) is 12.7 Å². The van der Waals surface area contributed by atoms with Crippen LogP contribution in [-0.4, -0.2) is 45.9 Å². The van der Waals surface area contributed by atoms with Crippen molar-refractivity contribution < 1.29 is 22.7 Å². The quantitative estimate of drug-likeness (QED) is 0.693. The van der Waals surface area contributed by atoms with E-state index >= 15 is 0 Å². The maximum absolute atomic E-state index is 12.6. The molecule has 3 rings (SSSR count). The normalized spacial score (nSPS) is 15.6. The first-order valence-corrected chi connectivity index (χ1v) is 11.5. The Morgan fingerprint density at radius 3 is 2.27 bits per heavy atom. The molecule has 0 bridgehead atoms. The fourth-order valence-electron chi connectivity index (χ4n) is 3.51. The third-order valence-corrected chi connectivity index (χ3v) is 7.13. The highest BCUT2D eigenvalue weighted by Gasteiger charge is 2.25. The van der Waals surface area contributed by atoms with E-state index in [4.69, 9.17) is 9.47 Å². The van der Waals surface area contributed by atoms with Crippen molar-refractivity contribution in [2.45, 2.75) is 31.6 Å². The highest BCUT2D eigenvalue weighted by Crippen LogP contribution is 2.30. The highest BCUT2D eigenvalue weighted by atomic mass is 32.2. The molecule has 0 aromatic heterocycles. The lowest BCUT2D eigenvalue weighted by molar-refractivity contribution is 0.0940. The van der Waals surface area contributed by atoms with Crippen LogP contribution >= 0.6 is 0 Å². The summed E-state index contributed by atoms with van der Waals surface area (Å²) < 4.78 is 37.0. The molecule has 1 aliphatic rings. The number of nitrogens with one attached hydrogen (secondary N) is 1. The van der Waals surface area contributed by atoms with Crippen LogP contribution in [0.2, 0.25) is 0 Å². The summed E-state index contributed by atoms with van der Waals surface area (Å²) in [6, 6.07) is 12.0. The standard InChI is InChI=1S/C22H28N2O5S/c1-16(19-10-11-20(28-2)21(14-19)29-3)23-22(25)18-8-6-17(7-9-18)15-30(26,27)24-12-4-5-13-24/h6-11,14,16H,4-5,12-13,15H2,1-3H3,(H,23,25)/t16-/m1/s1. The zero-order valence-corrected chi connectivity index (χ0v) is 18.4. The molecule has 30 heavy (non-hydrogen) atoms. The van der Waals surface area contributed by atoms with E-state index in [0.717, 1.165) is 18.4 Å². The van der Waals surface area contributed by atoms with Crippen LogP contribution in [0.1, 0.15) is 47.3 Å². The predicted octanol–water partition coefficient (Wildman–Crippen LogP) is 3.12. The fourth-order valence-corrected chi connectivity index (χ4v) is 5.12. The number of benzene rings is 2. The van der Waals surface area contributed by atoms with E-state index in [9.17, 15) is 13.2 Å². The van der Waals surface area contributed by atoms with Gasteiger partial charge in [-0.15, -0.1) is 0 Å². The Labute approximate surface area is 178 Å². The SMILES string of the molecule is COc1ccc([C@@H](C)NC(=O)c2ccc(CS(=O)(=O)N3CCCC3)cc2)cc1OC. The first kappa shape index (κ1) is 22.1. The van der Waals surface area contributed by atoms with Crippen molar-refractivity contribution in [3.05, 3.63) is 59.2 Å². The molecule has 2 aromatic rings. The van der Waals surface area contributed by atoms with Gasteiger partial charge in [-0.3, -0.25) is 4.79 Å². The van der Waals surface area contributed by atoms with Gasteiger partial charge in [0.15, 0.2) is 11.5 Å². The average Bonchev–Trinajstić information content (AvgIpc) is 3.29. The monoisotopic (exact) mass is 432 g/mol. The molecule has 1 aliphatic heterocycles. The molecule has 0 radical (unpaired) electrons. The van der Waals surface area contributed by atoms with Gasteiger partial charge in [0.1, 0.15) is 0 Å². The number of hydrogen-bond acceptors (Lipinski definition) is 5. The number of ether oxygens (including phenoxy) is 2. The predicted molar refractivity (Wildman–Crippen MR) is 115 cm³/mol. The lowest BCUT2D eigenvalue weighted by Crippen LogP contribution is -2.29. The lowest BCUT2D eigenvalue weighted by Gasteiger charge is -2.17. The summed E-state index contributed by atoms with van der Waals surface area (Å²) in [5, 5.41) is 2.95. The third-order valence-electron chi connectivity index (χ3n) is 5.28. The summed E-state index contributed by atoms with van der Waals surface area (Å²) >= 11 is 0. The van der Waals surface area contributed by atoms with Crippen molar-refractivity contribution >= 4 is 15.9 Å². The summed E-state index contributed by atoms with van der Waals surface area (Å²) in [6.45, 7) is 3.07. The summed E-state index contributed by atoms with van der Waals surface area (Å²) in [5.74, 6) is 0.946. The maximum Gasteiger partial charge on any atom is 0.251 e. The maximum atomic E-state index is 12.6. The summed E-state index contributed by atoms with van der Waals surface area (Å²) in [5.41, 5.74) is 2.03. The number of nitrogens with zero attached hydrogens (tertiary/aromatic N) is 1. The van der Waals surface area contributed by atoms with Crippen molar-refractivity contribution in [1.29, 1.82) is 0 Å². The highest BCUT2D eigenvalue weighted by molar-refractivity contribution is 7.88. The van der Waals surface area contributed by atoms with Gasteiger partial charge in [0, 0.05) is 18.7 Å². The Balaban J connectivity index is 1.64. The first-order chi connectivity index (χ1) is 14.3. The molecule has 0 spiro atoms. The number of methoxy groups -OCH3 is 2. The number of sulfonamides is 1. The molecule has 2 aromatic carbocycles. The van der Waals surface area contributed by atoms with Crippen molar-refractivity contribution in [2.24, 2.45) is 0 Å². The van der Waals surface area contributed by atoms with E-state index in [-0.39, 0.29) is 17.7 Å². The molecule has 0 saturated carbocycles. The van der Waals surface area contributed by atoms with Crippen LogP contribution in [0.25, 0.3) is 0 Å². The second-order valence-electron chi connectivity index (χ2n) is 7.37. The minimum Gasteiger partial charge on any atom is -0.493 e. The van der Waals surface area contributed by atoms with Crippen LogP contribution < -0.4 is 14.8 Å². The van der Waals surface area contributed by atoms with Gasteiger partial charge in [-0.1, -0.05) is 18.2 Å². The summed E-state index contributed by atoms with van der Waals surface area (Å²) in [7, 11) is -0.165. The summed E-state index contributed by atoms with van der Waals surface area (Å²) in [6.07, 6.45) is 1.83. The fraction of sp³-hybridized carbons (Fsp3) is 0.409. The molecule has 0 aliphatic carbocycles. The Morgan fingerprint density at radius 2 is 1.67 bits per heavy atom. The van der Waals surface area contributed by atoms with E-state index in [1.165, 1.54) is 0 Å². The molecule has 8 heteroatoms. The van der Waals surface area contributed by atoms with Crippen molar-refractivity contribution in [3.8, 4) is 11.5 Å². The van der Waals surface area contributed by atoms with Gasteiger partial charge >= 0.3 is 0 Å². The van der Waals surface area contributed by atoms with E-state index in [2.05, 4.69) is 5.32 Å². The Kier molecular flexibility index (Phi) is 6.99. The molecular formula is C22H28N2O5S. The topological polar surface area (TPSA) is 84.9 Å². The number of carbonyl (C=O) groups is 1. The number of hydrogen-bond donors (Lipinski definition) is 1. The van der Waals surface area contributed by atoms with Crippen LogP contribution in [0.4, 0.5) is 0 Å². The van der Waals surface area contributed by atoms with Crippen LogP contribution in [0.5, 0.6) is 11.5 Å². The molecule has 1 fully saturated rings. The average molecular weight is 433 g/mol. The molecule has 1 heterocycles. The molecule has 7 nitrogen and oxygen atoms in total. The molecule has 1 saturated heterocycles. The first-order valence-electron chi connectivity index (χ1n) is 9.93. The van der Waals surface area contributed by atoms with Gasteiger partial charge in [0.2, 0.25) is 10.0 Å². The van der Waals surface area contributed by atoms with E-state index in [1.807, 2.05) is 19.1 Å². The number of carbonyl (C=O) groups excluding carboxylic acids is 1. The molecule has 1 amide bonds. The molecule has 162 valence electrons. The van der Waals surface area contributed by atoms with Crippen LogP contribution in [-0.2, 0) is 15.8 Å². The molecule has 0 unspecified atom stereocenters. The van der Waals surface area contributed by atoms with E-state index < -0.39 is 10.0 Å². The Morgan fingerprint density at radius 1 is 1.03 bits per heavy atom. The molecular weight excluding hydrogens is 404 g/mol. The largest absolute Gasteiger partial charge is 0.493 e. The lowest BCUT2D eigenvalue weighted by atomic mass is 10.1. The van der Waals surface area contributed by atoms with Gasteiger partial charge < -0.3 is 14.8 Å². The molecule has 1 N–H and O–H groups in total. The van der Waals surface area contributed by atoms with Gasteiger partial charge in [-0.05, 0) is 55.2 Å². The minimum absolute atomic E-state index is 0.0447. The summed E-state index contributed by atoms with van der Waals surface area (Å²) in [4.78, 5) is 12.6. The Bertz CT molecular complexity index is 983. The number of rotatable bonds is 8. The zero-order chi connectivity index (χ0) is 21.7. The van der Waals surface area contributed by atoms with Crippen molar-refractivity contribution in [2.75, 3.05) is 27.3 Å². The van der Waals surface area contributed by atoms with Crippen molar-refractivity contribution in [3.63, 3.8) is 0 Å². The number of amides is 1. The van der Waals surface area contributed by atoms with Crippen molar-refractivity contribution in [1.82, 2.24) is 9.62 Å². The zero-order valence-electron chi connectivity index (χ0n) is 17.6. The van der Waals surface area contributed by atoms with Crippen LogP contribution in [0.3, 0.4) is 0 Å². The Hall–Kier alpha value is -2.58. The molecule has 1 atom stereocenters.